The second-order valence-corrected chi connectivity index (χ2v) is 10.0. The van der Waals surface area contributed by atoms with Gasteiger partial charge in [0, 0.05) is 17.0 Å². The van der Waals surface area contributed by atoms with E-state index in [0.29, 0.717) is 17.2 Å². The fourth-order valence-corrected chi connectivity index (χ4v) is 6.38. The molecule has 3 atom stereocenters. The summed E-state index contributed by atoms with van der Waals surface area (Å²) in [6, 6.07) is 1.20. The number of hydrogen-bond donors (Lipinski definition) is 4. The van der Waals surface area contributed by atoms with Gasteiger partial charge >= 0.3 is 0 Å². The first-order valence-corrected chi connectivity index (χ1v) is 12.3. The molecule has 0 saturated carbocycles. The summed E-state index contributed by atoms with van der Waals surface area (Å²) in [5.41, 5.74) is 8.49. The lowest BCUT2D eigenvalue weighted by atomic mass is 9.92. The number of fused-ring (bicyclic) bond motifs is 2. The Morgan fingerprint density at radius 2 is 1.79 bits per heavy atom. The zero-order valence-corrected chi connectivity index (χ0v) is 18.5. The van der Waals surface area contributed by atoms with Gasteiger partial charge in [-0.05, 0) is 58.0 Å². The SMILES string of the molecule is CCCNC1CCc2nc(NC3c4sc(N)nc4CC[C@@H]3NCCC)sc2C1. The quantitative estimate of drug-likeness (QED) is 0.523. The number of nitrogens with one attached hydrogen (secondary N) is 3. The maximum Gasteiger partial charge on any atom is 0.183 e. The van der Waals surface area contributed by atoms with E-state index in [1.54, 1.807) is 11.3 Å². The molecule has 2 aromatic heterocycles. The lowest BCUT2D eigenvalue weighted by Crippen LogP contribution is -2.41. The highest BCUT2D eigenvalue weighted by atomic mass is 32.1. The predicted molar refractivity (Wildman–Crippen MR) is 120 cm³/mol. The van der Waals surface area contributed by atoms with E-state index >= 15 is 0 Å². The van der Waals surface area contributed by atoms with E-state index in [4.69, 9.17) is 10.7 Å². The van der Waals surface area contributed by atoms with Crippen LogP contribution in [0.1, 0.15) is 66.7 Å². The Bertz CT molecular complexity index is 786. The van der Waals surface area contributed by atoms with Crippen LogP contribution in [-0.4, -0.2) is 35.1 Å². The Hall–Kier alpha value is -1.22. The normalized spacial score (nSPS) is 24.0. The number of anilines is 2. The fraction of sp³-hybridized carbons (Fsp3) is 0.700. The Morgan fingerprint density at radius 3 is 2.61 bits per heavy atom. The minimum atomic E-state index is 0.201. The van der Waals surface area contributed by atoms with Gasteiger partial charge in [0.25, 0.3) is 0 Å². The molecule has 0 bridgehead atoms. The molecule has 8 heteroatoms. The van der Waals surface area contributed by atoms with Crippen molar-refractivity contribution < 1.29 is 0 Å². The van der Waals surface area contributed by atoms with Crippen molar-refractivity contribution in [2.45, 2.75) is 76.9 Å². The summed E-state index contributed by atoms with van der Waals surface area (Å²) in [5.74, 6) is 0. The van der Waals surface area contributed by atoms with Gasteiger partial charge in [0.1, 0.15) is 0 Å². The van der Waals surface area contributed by atoms with E-state index in [9.17, 15) is 0 Å². The van der Waals surface area contributed by atoms with Gasteiger partial charge in [0.2, 0.25) is 0 Å². The van der Waals surface area contributed by atoms with Crippen LogP contribution in [0.2, 0.25) is 0 Å². The molecule has 0 aromatic carbocycles. The van der Waals surface area contributed by atoms with E-state index in [1.165, 1.54) is 34.0 Å². The molecular formula is C20H32N6S2. The van der Waals surface area contributed by atoms with Crippen LogP contribution < -0.4 is 21.7 Å². The number of thiazole rings is 2. The van der Waals surface area contributed by atoms with Crippen LogP contribution in [-0.2, 0) is 19.3 Å². The van der Waals surface area contributed by atoms with Gasteiger partial charge in [-0.15, -0.1) is 11.3 Å². The van der Waals surface area contributed by atoms with Crippen LogP contribution in [0.5, 0.6) is 0 Å². The highest BCUT2D eigenvalue weighted by Gasteiger charge is 2.33. The molecule has 2 aliphatic rings. The predicted octanol–water partition coefficient (Wildman–Crippen LogP) is 3.51. The van der Waals surface area contributed by atoms with Crippen molar-refractivity contribution in [2.24, 2.45) is 0 Å². The van der Waals surface area contributed by atoms with Crippen LogP contribution >= 0.6 is 22.7 Å². The number of nitrogen functional groups attached to an aromatic ring is 1. The van der Waals surface area contributed by atoms with Crippen molar-refractivity contribution in [3.05, 3.63) is 21.1 Å². The highest BCUT2D eigenvalue weighted by molar-refractivity contribution is 7.16. The summed E-state index contributed by atoms with van der Waals surface area (Å²) in [6.07, 6.45) is 7.79. The molecule has 2 unspecified atom stereocenters. The molecule has 2 aromatic rings. The number of nitrogens with two attached hydrogens (primary N) is 1. The number of hydrogen-bond acceptors (Lipinski definition) is 8. The Morgan fingerprint density at radius 1 is 1.00 bits per heavy atom. The van der Waals surface area contributed by atoms with Crippen LogP contribution in [0.25, 0.3) is 0 Å². The fourth-order valence-electron chi connectivity index (χ4n) is 4.25. The molecule has 5 N–H and O–H groups in total. The Kier molecular flexibility index (Phi) is 6.50. The van der Waals surface area contributed by atoms with Crippen molar-refractivity contribution in [1.29, 1.82) is 0 Å². The molecule has 28 heavy (non-hydrogen) atoms. The standard InChI is InChI=1S/C20H32N6S2/c1-3-9-22-12-5-6-13-16(11-12)27-20(25-13)26-17-14(23-10-4-2)7-8-15-18(17)28-19(21)24-15/h12,14,17,22-23H,3-11H2,1-2H3,(H2,21,24)(H,25,26)/t12?,14-,17?/m0/s1. The summed E-state index contributed by atoms with van der Waals surface area (Å²) in [5, 5.41) is 12.9. The molecule has 0 spiro atoms. The van der Waals surface area contributed by atoms with Gasteiger partial charge in [-0.3, -0.25) is 0 Å². The molecule has 0 aliphatic heterocycles. The molecule has 0 amide bonds. The van der Waals surface area contributed by atoms with Gasteiger partial charge in [-0.1, -0.05) is 25.2 Å². The van der Waals surface area contributed by atoms with Crippen LogP contribution in [0.3, 0.4) is 0 Å². The third-order valence-corrected chi connectivity index (χ3v) is 7.74. The molecule has 2 aliphatic carbocycles. The van der Waals surface area contributed by atoms with E-state index in [1.807, 2.05) is 11.3 Å². The third-order valence-electron chi connectivity index (χ3n) is 5.68. The maximum absolute atomic E-state index is 6.03. The first-order chi connectivity index (χ1) is 13.7. The minimum absolute atomic E-state index is 0.201. The average Bonchev–Trinajstić information content (AvgIpc) is 3.27. The smallest absolute Gasteiger partial charge is 0.183 e. The summed E-state index contributed by atoms with van der Waals surface area (Å²) in [6.45, 7) is 6.58. The van der Waals surface area contributed by atoms with Crippen LogP contribution in [0.15, 0.2) is 0 Å². The van der Waals surface area contributed by atoms with E-state index < -0.39 is 0 Å². The van der Waals surface area contributed by atoms with Crippen LogP contribution in [0.4, 0.5) is 10.3 Å². The Labute approximate surface area is 175 Å². The summed E-state index contributed by atoms with van der Waals surface area (Å²) in [4.78, 5) is 12.3. The highest BCUT2D eigenvalue weighted by Crippen LogP contribution is 2.39. The first kappa shape index (κ1) is 20.1. The van der Waals surface area contributed by atoms with Crippen molar-refractivity contribution in [2.75, 3.05) is 24.1 Å². The van der Waals surface area contributed by atoms with E-state index in [2.05, 4.69) is 34.8 Å². The molecular weight excluding hydrogens is 388 g/mol. The summed E-state index contributed by atoms with van der Waals surface area (Å²) < 4.78 is 0. The summed E-state index contributed by atoms with van der Waals surface area (Å²) >= 11 is 3.47. The van der Waals surface area contributed by atoms with Crippen molar-refractivity contribution in [3.8, 4) is 0 Å². The van der Waals surface area contributed by atoms with Gasteiger partial charge in [0.15, 0.2) is 10.3 Å². The first-order valence-electron chi connectivity index (χ1n) is 10.6. The number of aryl methyl sites for hydroxylation is 2. The molecule has 6 nitrogen and oxygen atoms in total. The summed E-state index contributed by atoms with van der Waals surface area (Å²) in [7, 11) is 0. The lowest BCUT2D eigenvalue weighted by Gasteiger charge is -2.32. The van der Waals surface area contributed by atoms with Gasteiger partial charge in [-0.2, -0.15) is 0 Å². The van der Waals surface area contributed by atoms with Crippen molar-refractivity contribution >= 4 is 32.9 Å². The molecule has 2 heterocycles. The van der Waals surface area contributed by atoms with Crippen LogP contribution in [0, 0.1) is 0 Å². The molecule has 0 saturated heterocycles. The molecule has 4 rings (SSSR count). The number of nitrogens with zero attached hydrogens (tertiary/aromatic N) is 2. The zero-order valence-electron chi connectivity index (χ0n) is 16.9. The second kappa shape index (κ2) is 9.07. The topological polar surface area (TPSA) is 87.9 Å². The van der Waals surface area contributed by atoms with Crippen molar-refractivity contribution in [3.63, 3.8) is 0 Å². The zero-order chi connectivity index (χ0) is 19.5. The minimum Gasteiger partial charge on any atom is -0.375 e. The van der Waals surface area contributed by atoms with E-state index in [0.717, 1.165) is 50.3 Å². The van der Waals surface area contributed by atoms with Crippen molar-refractivity contribution in [1.82, 2.24) is 20.6 Å². The lowest BCUT2D eigenvalue weighted by molar-refractivity contribution is 0.412. The number of rotatable bonds is 8. The molecule has 0 fully saturated rings. The second-order valence-electron chi connectivity index (χ2n) is 7.87. The van der Waals surface area contributed by atoms with Gasteiger partial charge < -0.3 is 21.7 Å². The maximum atomic E-state index is 6.03. The Balaban J connectivity index is 1.51. The third kappa shape index (κ3) is 4.35. The van der Waals surface area contributed by atoms with E-state index in [-0.39, 0.29) is 6.04 Å². The largest absolute Gasteiger partial charge is 0.375 e. The van der Waals surface area contributed by atoms with Gasteiger partial charge in [0.05, 0.1) is 22.3 Å². The molecule has 154 valence electrons. The monoisotopic (exact) mass is 420 g/mol. The van der Waals surface area contributed by atoms with Gasteiger partial charge in [-0.25, -0.2) is 9.97 Å². The number of aromatic nitrogens is 2. The molecule has 0 radical (unpaired) electrons. The average molecular weight is 421 g/mol.